The highest BCUT2D eigenvalue weighted by Gasteiger charge is 2.43. The van der Waals surface area contributed by atoms with Gasteiger partial charge in [0.1, 0.15) is 11.7 Å². The van der Waals surface area contributed by atoms with Gasteiger partial charge in [0.25, 0.3) is 0 Å². The number of carbonyl (C=O) groups excluding carboxylic acids is 2. The lowest BCUT2D eigenvalue weighted by Gasteiger charge is -2.19. The molecule has 1 heterocycles. The smallest absolute Gasteiger partial charge is 0.233 e. The summed E-state index contributed by atoms with van der Waals surface area (Å²) in [5, 5.41) is 13.1. The monoisotopic (exact) mass is 287 g/mol. The van der Waals surface area contributed by atoms with Crippen LogP contribution in [-0.4, -0.2) is 34.2 Å². The molecule has 1 rings (SSSR count). The van der Waals surface area contributed by atoms with Gasteiger partial charge in [-0.25, -0.2) is 0 Å². The van der Waals surface area contributed by atoms with Crippen LogP contribution in [0.2, 0.25) is 0 Å². The number of aliphatic hydroxyl groups excluding tert-OH is 1. The van der Waals surface area contributed by atoms with Crippen LogP contribution >= 0.6 is 12.6 Å². The summed E-state index contributed by atoms with van der Waals surface area (Å²) in [5.74, 6) is -0.920. The quantitative estimate of drug-likeness (QED) is 0.492. The molecule has 2 N–H and O–H groups in total. The largest absolute Gasteiger partial charge is 0.390 e. The van der Waals surface area contributed by atoms with Crippen LogP contribution in [0.1, 0.15) is 46.5 Å². The minimum absolute atomic E-state index is 0.265. The molecule has 5 unspecified atom stereocenters. The van der Waals surface area contributed by atoms with Crippen LogP contribution in [0.25, 0.3) is 0 Å². The predicted molar refractivity (Wildman–Crippen MR) is 78.2 cm³/mol. The number of amides is 1. The molecule has 5 heteroatoms. The van der Waals surface area contributed by atoms with Gasteiger partial charge in [0, 0.05) is 5.25 Å². The van der Waals surface area contributed by atoms with Crippen LogP contribution in [0.5, 0.6) is 0 Å². The van der Waals surface area contributed by atoms with Crippen LogP contribution < -0.4 is 5.32 Å². The van der Waals surface area contributed by atoms with Crippen molar-refractivity contribution in [1.29, 1.82) is 0 Å². The first-order valence-electron chi connectivity index (χ1n) is 7.05. The Morgan fingerprint density at radius 1 is 1.53 bits per heavy atom. The van der Waals surface area contributed by atoms with Gasteiger partial charge < -0.3 is 10.4 Å². The molecule has 0 aliphatic carbocycles. The van der Waals surface area contributed by atoms with E-state index in [4.69, 9.17) is 0 Å². The Balaban J connectivity index is 2.39. The molecule has 1 amide bonds. The number of hydrogen-bond acceptors (Lipinski definition) is 4. The van der Waals surface area contributed by atoms with Crippen LogP contribution in [0.4, 0.5) is 0 Å². The van der Waals surface area contributed by atoms with E-state index >= 15 is 0 Å². The van der Waals surface area contributed by atoms with E-state index in [0.717, 1.165) is 19.3 Å². The van der Waals surface area contributed by atoms with Crippen molar-refractivity contribution >= 4 is 24.3 Å². The van der Waals surface area contributed by atoms with Crippen molar-refractivity contribution in [2.24, 2.45) is 11.8 Å². The maximum atomic E-state index is 11.6. The lowest BCUT2D eigenvalue weighted by molar-refractivity contribution is -0.132. The first kappa shape index (κ1) is 16.5. The topological polar surface area (TPSA) is 66.4 Å². The predicted octanol–water partition coefficient (Wildman–Crippen LogP) is 1.57. The molecular formula is C14H25NO3S. The fourth-order valence-electron chi connectivity index (χ4n) is 2.52. The number of hydrogen-bond donors (Lipinski definition) is 3. The van der Waals surface area contributed by atoms with Gasteiger partial charge in [-0.1, -0.05) is 26.7 Å². The Kier molecular flexibility index (Phi) is 6.33. The highest BCUT2D eigenvalue weighted by Crippen LogP contribution is 2.24. The van der Waals surface area contributed by atoms with Gasteiger partial charge in [-0.2, -0.15) is 12.6 Å². The molecule has 5 atom stereocenters. The molecule has 19 heavy (non-hydrogen) atoms. The second kappa shape index (κ2) is 7.29. The van der Waals surface area contributed by atoms with Crippen LogP contribution in [0.3, 0.4) is 0 Å². The molecule has 0 aromatic carbocycles. The minimum atomic E-state index is -0.883. The SMILES string of the molecule is CCC(C)C(S)CCCC1NC(=O)C(C(C)=O)C1O. The summed E-state index contributed by atoms with van der Waals surface area (Å²) >= 11 is 4.57. The molecule has 1 saturated heterocycles. The third-order valence-corrected chi connectivity index (χ3v) is 4.88. The van der Waals surface area contributed by atoms with Gasteiger partial charge in [-0.15, -0.1) is 0 Å². The zero-order valence-electron chi connectivity index (χ0n) is 11.9. The Labute approximate surface area is 120 Å². The van der Waals surface area contributed by atoms with Crippen molar-refractivity contribution < 1.29 is 14.7 Å². The van der Waals surface area contributed by atoms with Gasteiger partial charge >= 0.3 is 0 Å². The second-order valence-corrected chi connectivity index (χ2v) is 6.24. The molecule has 0 bridgehead atoms. The van der Waals surface area contributed by atoms with Gasteiger partial charge in [-0.3, -0.25) is 9.59 Å². The molecule has 4 nitrogen and oxygen atoms in total. The number of carbonyl (C=O) groups is 2. The van der Waals surface area contributed by atoms with Crippen molar-refractivity contribution in [3.8, 4) is 0 Å². The molecular weight excluding hydrogens is 262 g/mol. The summed E-state index contributed by atoms with van der Waals surface area (Å²) in [5.41, 5.74) is 0. The summed E-state index contributed by atoms with van der Waals surface area (Å²) in [7, 11) is 0. The molecule has 1 aliphatic heterocycles. The number of rotatable bonds is 7. The highest BCUT2D eigenvalue weighted by molar-refractivity contribution is 7.81. The van der Waals surface area contributed by atoms with E-state index in [9.17, 15) is 14.7 Å². The standard InChI is InChI=1S/C14H25NO3S/c1-4-8(2)11(19)7-5-6-10-13(17)12(9(3)16)14(18)15-10/h8,10-13,17,19H,4-7H2,1-3H3,(H,15,18). The van der Waals surface area contributed by atoms with E-state index in [2.05, 4.69) is 31.8 Å². The third-order valence-electron chi connectivity index (χ3n) is 4.12. The maximum Gasteiger partial charge on any atom is 0.233 e. The fraction of sp³-hybridized carbons (Fsp3) is 0.857. The average Bonchev–Trinajstić information content (AvgIpc) is 2.63. The summed E-state index contributed by atoms with van der Waals surface area (Å²) in [6.45, 7) is 5.67. The number of thiol groups is 1. The summed E-state index contributed by atoms with van der Waals surface area (Å²) in [6, 6.07) is -0.293. The van der Waals surface area contributed by atoms with Crippen molar-refractivity contribution in [1.82, 2.24) is 5.32 Å². The highest BCUT2D eigenvalue weighted by atomic mass is 32.1. The molecule has 1 fully saturated rings. The molecule has 0 aromatic heterocycles. The molecule has 0 aromatic rings. The van der Waals surface area contributed by atoms with E-state index in [1.807, 2.05) is 0 Å². The van der Waals surface area contributed by atoms with Gasteiger partial charge in [0.05, 0.1) is 12.1 Å². The molecule has 0 radical (unpaired) electrons. The number of aliphatic hydroxyl groups is 1. The van der Waals surface area contributed by atoms with Gasteiger partial charge in [0.15, 0.2) is 0 Å². The molecule has 0 saturated carbocycles. The third kappa shape index (κ3) is 4.21. The summed E-state index contributed by atoms with van der Waals surface area (Å²) < 4.78 is 0. The van der Waals surface area contributed by atoms with Crippen LogP contribution in [0, 0.1) is 11.8 Å². The first-order chi connectivity index (χ1) is 8.88. The fourth-order valence-corrected chi connectivity index (χ4v) is 2.91. The molecule has 0 spiro atoms. The lowest BCUT2D eigenvalue weighted by atomic mass is 9.93. The number of Topliss-reactive ketones (excluding diaryl/α,β-unsaturated/α-hetero) is 1. The first-order valence-corrected chi connectivity index (χ1v) is 7.57. The Morgan fingerprint density at radius 3 is 2.63 bits per heavy atom. The Bertz CT molecular complexity index is 335. The second-order valence-electron chi connectivity index (χ2n) is 5.58. The van der Waals surface area contributed by atoms with Crippen molar-refractivity contribution in [2.75, 3.05) is 0 Å². The Hall–Kier alpha value is -0.550. The van der Waals surface area contributed by atoms with Crippen LogP contribution in [-0.2, 0) is 9.59 Å². The Morgan fingerprint density at radius 2 is 2.16 bits per heavy atom. The maximum absolute atomic E-state index is 11.6. The number of nitrogens with one attached hydrogen (secondary N) is 1. The lowest BCUT2D eigenvalue weighted by Crippen LogP contribution is -2.33. The number of ketones is 1. The zero-order valence-corrected chi connectivity index (χ0v) is 12.8. The van der Waals surface area contributed by atoms with E-state index in [0.29, 0.717) is 17.6 Å². The van der Waals surface area contributed by atoms with Gasteiger partial charge in [0.2, 0.25) is 5.91 Å². The minimum Gasteiger partial charge on any atom is -0.390 e. The molecule has 110 valence electrons. The molecule has 1 aliphatic rings. The zero-order chi connectivity index (χ0) is 14.6. The van der Waals surface area contributed by atoms with E-state index in [1.165, 1.54) is 6.92 Å². The van der Waals surface area contributed by atoms with E-state index in [1.54, 1.807) is 0 Å². The van der Waals surface area contributed by atoms with Crippen molar-refractivity contribution in [3.05, 3.63) is 0 Å². The average molecular weight is 287 g/mol. The van der Waals surface area contributed by atoms with E-state index in [-0.39, 0.29) is 17.7 Å². The van der Waals surface area contributed by atoms with Gasteiger partial charge in [-0.05, 0) is 25.7 Å². The van der Waals surface area contributed by atoms with Crippen molar-refractivity contribution in [3.63, 3.8) is 0 Å². The van der Waals surface area contributed by atoms with Crippen LogP contribution in [0.15, 0.2) is 0 Å². The van der Waals surface area contributed by atoms with E-state index < -0.39 is 12.0 Å². The summed E-state index contributed by atoms with van der Waals surface area (Å²) in [6.07, 6.45) is 2.77. The summed E-state index contributed by atoms with van der Waals surface area (Å²) in [4.78, 5) is 22.9. The normalized spacial score (nSPS) is 29.9. The van der Waals surface area contributed by atoms with Crippen molar-refractivity contribution in [2.45, 2.75) is 63.9 Å².